The van der Waals surface area contributed by atoms with Crippen LogP contribution in [0.1, 0.15) is 45.9 Å². The summed E-state index contributed by atoms with van der Waals surface area (Å²) in [5, 5.41) is 0. The van der Waals surface area contributed by atoms with E-state index in [4.69, 9.17) is 4.74 Å². The molecule has 2 aromatic rings. The number of benzene rings is 1. The number of anilines is 1. The molecule has 1 aliphatic carbocycles. The topological polar surface area (TPSA) is 42.4 Å². The molecule has 1 saturated heterocycles. The van der Waals surface area contributed by atoms with Gasteiger partial charge in [0.1, 0.15) is 5.82 Å². The number of hydrogen-bond acceptors (Lipinski definition) is 4. The van der Waals surface area contributed by atoms with Crippen LogP contribution in [0.2, 0.25) is 0 Å². The summed E-state index contributed by atoms with van der Waals surface area (Å²) >= 11 is 0. The highest BCUT2D eigenvalue weighted by atomic mass is 19.4. The van der Waals surface area contributed by atoms with E-state index in [9.17, 15) is 18.0 Å². The van der Waals surface area contributed by atoms with Crippen LogP contribution >= 0.6 is 0 Å². The molecule has 0 N–H and O–H groups in total. The summed E-state index contributed by atoms with van der Waals surface area (Å²) in [5.74, 6) is 0.906. The van der Waals surface area contributed by atoms with Crippen molar-refractivity contribution in [2.45, 2.75) is 31.9 Å². The molecule has 3 atom stereocenters. The molecule has 0 amide bonds. The third-order valence-corrected chi connectivity index (χ3v) is 6.14. The van der Waals surface area contributed by atoms with Gasteiger partial charge in [0, 0.05) is 18.8 Å². The monoisotopic (exact) mass is 404 g/mol. The maximum Gasteiger partial charge on any atom is 0.416 e. The number of ether oxygens (including phenoxy) is 1. The molecule has 0 radical (unpaired) electrons. The summed E-state index contributed by atoms with van der Waals surface area (Å²) < 4.78 is 45.0. The number of pyridine rings is 1. The molecule has 1 saturated carbocycles. The number of aryl methyl sites for hydroxylation is 1. The van der Waals surface area contributed by atoms with Gasteiger partial charge in [-0.25, -0.2) is 9.78 Å². The standard InChI is InChI=1S/C22H23F3N2O2/c1-13-7-15(21(28)29-2)10-20(26-13)27-11-16-8-14(9-17(16)12-27)18-5-3-4-6-19(18)22(23,24)25/h3-7,10,14,16-17H,8-9,11-12H2,1-2H3/t14-,16-,17+. The van der Waals surface area contributed by atoms with Crippen LogP contribution in [0.3, 0.4) is 0 Å². The van der Waals surface area contributed by atoms with Gasteiger partial charge in [-0.2, -0.15) is 13.2 Å². The first-order valence-electron chi connectivity index (χ1n) is 9.74. The molecule has 29 heavy (non-hydrogen) atoms. The smallest absolute Gasteiger partial charge is 0.416 e. The second kappa shape index (κ2) is 7.35. The molecule has 1 aliphatic heterocycles. The first-order chi connectivity index (χ1) is 13.8. The van der Waals surface area contributed by atoms with Gasteiger partial charge in [-0.3, -0.25) is 0 Å². The van der Waals surface area contributed by atoms with Crippen LogP contribution in [0, 0.1) is 18.8 Å². The summed E-state index contributed by atoms with van der Waals surface area (Å²) in [7, 11) is 1.34. The predicted octanol–water partition coefficient (Wildman–Crippen LogP) is 4.83. The maximum atomic E-state index is 13.4. The quantitative estimate of drug-likeness (QED) is 0.688. The Morgan fingerprint density at radius 2 is 1.79 bits per heavy atom. The Labute approximate surface area is 167 Å². The summed E-state index contributed by atoms with van der Waals surface area (Å²) in [6, 6.07) is 9.37. The van der Waals surface area contributed by atoms with E-state index in [1.165, 1.54) is 19.2 Å². The summed E-state index contributed by atoms with van der Waals surface area (Å²) in [6.45, 7) is 3.32. The van der Waals surface area contributed by atoms with Gasteiger partial charge in [0.25, 0.3) is 0 Å². The minimum absolute atomic E-state index is 0.0685. The van der Waals surface area contributed by atoms with Crippen LogP contribution in [0.25, 0.3) is 0 Å². The van der Waals surface area contributed by atoms with Gasteiger partial charge in [0.15, 0.2) is 0 Å². The lowest BCUT2D eigenvalue weighted by Crippen LogP contribution is -2.23. The highest BCUT2D eigenvalue weighted by Gasteiger charge is 2.44. The average molecular weight is 404 g/mol. The minimum Gasteiger partial charge on any atom is -0.465 e. The third-order valence-electron chi connectivity index (χ3n) is 6.14. The van der Waals surface area contributed by atoms with E-state index in [0.29, 0.717) is 23.0 Å². The fourth-order valence-electron chi connectivity index (χ4n) is 4.90. The summed E-state index contributed by atoms with van der Waals surface area (Å²) in [6.07, 6.45) is -2.84. The first-order valence-corrected chi connectivity index (χ1v) is 9.74. The van der Waals surface area contributed by atoms with Gasteiger partial charge in [0.05, 0.1) is 18.2 Å². The Kier molecular flexibility index (Phi) is 5.00. The van der Waals surface area contributed by atoms with E-state index >= 15 is 0 Å². The van der Waals surface area contributed by atoms with Crippen LogP contribution in [-0.2, 0) is 10.9 Å². The van der Waals surface area contributed by atoms with Crippen LogP contribution in [-0.4, -0.2) is 31.2 Å². The minimum atomic E-state index is -4.32. The second-order valence-electron chi connectivity index (χ2n) is 8.03. The van der Waals surface area contributed by atoms with Crippen LogP contribution in [0.15, 0.2) is 36.4 Å². The molecule has 7 heteroatoms. The average Bonchev–Trinajstić information content (AvgIpc) is 3.25. The zero-order valence-corrected chi connectivity index (χ0v) is 16.4. The Balaban J connectivity index is 1.51. The zero-order valence-electron chi connectivity index (χ0n) is 16.4. The number of fused-ring (bicyclic) bond motifs is 1. The molecule has 0 bridgehead atoms. The molecule has 0 spiro atoms. The van der Waals surface area contributed by atoms with Crippen molar-refractivity contribution in [2.75, 3.05) is 25.1 Å². The van der Waals surface area contributed by atoms with Crippen molar-refractivity contribution < 1.29 is 22.7 Å². The van der Waals surface area contributed by atoms with Crippen LogP contribution in [0.4, 0.5) is 19.0 Å². The number of hydrogen-bond donors (Lipinski definition) is 0. The van der Waals surface area contributed by atoms with Crippen LogP contribution in [0.5, 0.6) is 0 Å². The number of nitrogens with zero attached hydrogens (tertiary/aromatic N) is 2. The van der Waals surface area contributed by atoms with E-state index in [2.05, 4.69) is 9.88 Å². The van der Waals surface area contributed by atoms with E-state index < -0.39 is 17.7 Å². The SMILES string of the molecule is COC(=O)c1cc(C)nc(N2C[C@H]3C[C@@H](c4ccccc4C(F)(F)F)C[C@H]3C2)c1. The van der Waals surface area contributed by atoms with Gasteiger partial charge in [-0.15, -0.1) is 0 Å². The lowest BCUT2D eigenvalue weighted by molar-refractivity contribution is -0.138. The lowest BCUT2D eigenvalue weighted by atomic mass is 9.91. The largest absolute Gasteiger partial charge is 0.465 e. The Morgan fingerprint density at radius 3 is 2.41 bits per heavy atom. The second-order valence-corrected chi connectivity index (χ2v) is 8.03. The van der Waals surface area contributed by atoms with Gasteiger partial charge in [0.2, 0.25) is 0 Å². The highest BCUT2D eigenvalue weighted by Crippen LogP contribution is 2.49. The Morgan fingerprint density at radius 1 is 1.14 bits per heavy atom. The number of halogens is 3. The molecular weight excluding hydrogens is 381 g/mol. The van der Waals surface area contributed by atoms with Crippen molar-refractivity contribution >= 4 is 11.8 Å². The van der Waals surface area contributed by atoms with Gasteiger partial charge in [-0.1, -0.05) is 18.2 Å². The van der Waals surface area contributed by atoms with Crippen molar-refractivity contribution in [3.63, 3.8) is 0 Å². The van der Waals surface area contributed by atoms with E-state index in [0.717, 1.165) is 37.4 Å². The van der Waals surface area contributed by atoms with E-state index in [1.54, 1.807) is 24.3 Å². The van der Waals surface area contributed by atoms with Crippen LogP contribution < -0.4 is 4.90 Å². The molecular formula is C22H23F3N2O2. The van der Waals surface area contributed by atoms with Crippen molar-refractivity contribution in [1.29, 1.82) is 0 Å². The normalized spacial score (nSPS) is 23.9. The molecule has 2 fully saturated rings. The molecule has 2 heterocycles. The molecule has 1 aromatic heterocycles. The Hall–Kier alpha value is -2.57. The first kappa shape index (κ1) is 19.7. The lowest BCUT2D eigenvalue weighted by Gasteiger charge is -2.22. The number of methoxy groups -OCH3 is 1. The van der Waals surface area contributed by atoms with Crippen molar-refractivity contribution in [3.05, 3.63) is 58.8 Å². The fourth-order valence-corrected chi connectivity index (χ4v) is 4.90. The summed E-state index contributed by atoms with van der Waals surface area (Å²) in [5.41, 5.74) is 1.11. The molecule has 2 aliphatic rings. The van der Waals surface area contributed by atoms with Gasteiger partial charge in [-0.05, 0) is 61.3 Å². The van der Waals surface area contributed by atoms with E-state index in [-0.39, 0.29) is 5.92 Å². The van der Waals surface area contributed by atoms with Gasteiger partial charge < -0.3 is 9.64 Å². The molecule has 1 aromatic carbocycles. The molecule has 0 unspecified atom stereocenters. The van der Waals surface area contributed by atoms with Crippen molar-refractivity contribution in [1.82, 2.24) is 4.98 Å². The number of esters is 1. The molecule has 4 rings (SSSR count). The van der Waals surface area contributed by atoms with Crippen molar-refractivity contribution in [2.24, 2.45) is 11.8 Å². The third kappa shape index (κ3) is 3.82. The highest BCUT2D eigenvalue weighted by molar-refractivity contribution is 5.90. The predicted molar refractivity (Wildman–Crippen MR) is 103 cm³/mol. The molecule has 4 nitrogen and oxygen atoms in total. The van der Waals surface area contributed by atoms with Gasteiger partial charge >= 0.3 is 12.1 Å². The Bertz CT molecular complexity index is 915. The number of carbonyl (C=O) groups is 1. The summed E-state index contributed by atoms with van der Waals surface area (Å²) in [4.78, 5) is 18.6. The molecule has 154 valence electrons. The van der Waals surface area contributed by atoms with Crippen molar-refractivity contribution in [3.8, 4) is 0 Å². The zero-order chi connectivity index (χ0) is 20.8. The van der Waals surface area contributed by atoms with E-state index in [1.807, 2.05) is 6.92 Å². The number of alkyl halides is 3. The number of carbonyl (C=O) groups excluding carboxylic acids is 1. The number of rotatable bonds is 3. The number of aromatic nitrogens is 1. The fraction of sp³-hybridized carbons (Fsp3) is 0.455. The maximum absolute atomic E-state index is 13.4.